The Morgan fingerprint density at radius 1 is 1.20 bits per heavy atom. The first-order chi connectivity index (χ1) is 14.0. The van der Waals surface area contributed by atoms with Crippen molar-refractivity contribution in [3.8, 4) is 0 Å². The van der Waals surface area contributed by atoms with Gasteiger partial charge < -0.3 is 15.1 Å². The molecule has 0 radical (unpaired) electrons. The van der Waals surface area contributed by atoms with Crippen molar-refractivity contribution < 1.29 is 4.42 Å². The molecule has 166 valence electrons. The van der Waals surface area contributed by atoms with Gasteiger partial charge in [0.1, 0.15) is 5.76 Å². The molecule has 2 aromatic rings. The quantitative estimate of drug-likeness (QED) is 0.323. The van der Waals surface area contributed by atoms with Crippen LogP contribution in [0.5, 0.6) is 0 Å². The molecule has 2 heterocycles. The minimum atomic E-state index is 0. The van der Waals surface area contributed by atoms with Crippen molar-refractivity contribution in [2.75, 3.05) is 26.2 Å². The van der Waals surface area contributed by atoms with Gasteiger partial charge in [0.2, 0.25) is 5.89 Å². The minimum Gasteiger partial charge on any atom is -0.444 e. The average molecular weight is 525 g/mol. The highest BCUT2D eigenvalue weighted by Crippen LogP contribution is 2.19. The summed E-state index contributed by atoms with van der Waals surface area (Å²) in [7, 11) is 0. The molecule has 0 saturated carbocycles. The Kier molecular flexibility index (Phi) is 10.1. The van der Waals surface area contributed by atoms with Crippen LogP contribution < -0.4 is 10.6 Å². The first-order valence-corrected chi connectivity index (χ1v) is 10.8. The minimum absolute atomic E-state index is 0. The van der Waals surface area contributed by atoms with Crippen LogP contribution in [0.4, 0.5) is 0 Å². The van der Waals surface area contributed by atoms with Crippen LogP contribution in [0, 0.1) is 26.7 Å². The Balaban J connectivity index is 0.00000320. The number of hydrogen-bond donors (Lipinski definition) is 2. The van der Waals surface area contributed by atoms with Gasteiger partial charge in [0.15, 0.2) is 5.96 Å². The third kappa shape index (κ3) is 7.58. The highest BCUT2D eigenvalue weighted by Gasteiger charge is 2.21. The van der Waals surface area contributed by atoms with Crippen LogP contribution in [0.25, 0.3) is 0 Å². The van der Waals surface area contributed by atoms with Gasteiger partial charge in [-0.1, -0.05) is 29.8 Å². The van der Waals surface area contributed by atoms with Gasteiger partial charge in [0, 0.05) is 13.1 Å². The van der Waals surface area contributed by atoms with E-state index in [1.54, 1.807) is 0 Å². The summed E-state index contributed by atoms with van der Waals surface area (Å²) >= 11 is 0. The van der Waals surface area contributed by atoms with Crippen LogP contribution >= 0.6 is 24.0 Å². The zero-order chi connectivity index (χ0) is 20.6. The van der Waals surface area contributed by atoms with Gasteiger partial charge in [0.25, 0.3) is 0 Å². The van der Waals surface area contributed by atoms with Crippen molar-refractivity contribution in [3.63, 3.8) is 0 Å². The number of aliphatic imine (C=N–C) groups is 1. The summed E-state index contributed by atoms with van der Waals surface area (Å²) in [4.78, 5) is 11.7. The summed E-state index contributed by atoms with van der Waals surface area (Å²) in [5, 5.41) is 6.90. The number of likely N-dealkylation sites (tertiary alicyclic amines) is 1. The molecule has 1 saturated heterocycles. The normalized spacial score (nSPS) is 15.7. The van der Waals surface area contributed by atoms with Crippen molar-refractivity contribution in [1.29, 1.82) is 0 Å². The van der Waals surface area contributed by atoms with Crippen molar-refractivity contribution in [3.05, 3.63) is 52.7 Å². The summed E-state index contributed by atoms with van der Waals surface area (Å²) in [6, 6.07) is 8.54. The predicted octanol–water partition coefficient (Wildman–Crippen LogP) is 4.19. The summed E-state index contributed by atoms with van der Waals surface area (Å²) in [5.41, 5.74) is 3.52. The molecular formula is C23H36IN5O. The molecule has 1 aromatic carbocycles. The van der Waals surface area contributed by atoms with E-state index in [0.717, 1.165) is 56.0 Å². The molecule has 0 amide bonds. The van der Waals surface area contributed by atoms with Gasteiger partial charge in [-0.25, -0.2) is 9.98 Å². The molecule has 7 heteroatoms. The summed E-state index contributed by atoms with van der Waals surface area (Å²) < 4.78 is 5.73. The molecule has 0 atom stereocenters. The maximum atomic E-state index is 5.73. The van der Waals surface area contributed by atoms with E-state index in [1.807, 2.05) is 13.8 Å². The van der Waals surface area contributed by atoms with Crippen molar-refractivity contribution in [2.24, 2.45) is 10.9 Å². The zero-order valence-corrected chi connectivity index (χ0v) is 21.0. The first-order valence-electron chi connectivity index (χ1n) is 10.8. The number of benzene rings is 1. The van der Waals surface area contributed by atoms with Crippen LogP contribution in [-0.4, -0.2) is 42.0 Å². The van der Waals surface area contributed by atoms with E-state index in [-0.39, 0.29) is 24.0 Å². The number of nitrogens with one attached hydrogen (secondary N) is 2. The Morgan fingerprint density at radius 3 is 2.60 bits per heavy atom. The number of oxazole rings is 1. The number of hydrogen-bond acceptors (Lipinski definition) is 4. The fourth-order valence-corrected chi connectivity index (χ4v) is 3.71. The Bertz CT molecular complexity index is 792. The molecule has 1 aliphatic heterocycles. The second-order valence-electron chi connectivity index (χ2n) is 8.03. The molecule has 6 nitrogen and oxygen atoms in total. The number of aryl methyl sites for hydroxylation is 3. The first kappa shape index (κ1) is 24.7. The van der Waals surface area contributed by atoms with Crippen LogP contribution in [0.2, 0.25) is 0 Å². The standard InChI is InChI=1S/C23H35N5O.HI/c1-5-24-23(26-15-21-8-6-7-17(2)13-21)25-14-20-9-11-28(12-10-20)16-22-27-18(3)19(4)29-22;/h6-8,13,20H,5,9-12,14-16H2,1-4H3,(H2,24,25,26);1H. The molecule has 3 rings (SSSR count). The fraction of sp³-hybridized carbons (Fsp3) is 0.565. The molecule has 0 aliphatic carbocycles. The smallest absolute Gasteiger partial charge is 0.208 e. The monoisotopic (exact) mass is 525 g/mol. The fourth-order valence-electron chi connectivity index (χ4n) is 3.71. The lowest BCUT2D eigenvalue weighted by Gasteiger charge is -2.31. The van der Waals surface area contributed by atoms with Gasteiger partial charge in [-0.05, 0) is 65.1 Å². The van der Waals surface area contributed by atoms with Gasteiger partial charge in [-0.15, -0.1) is 24.0 Å². The summed E-state index contributed by atoms with van der Waals surface area (Å²) in [6.45, 7) is 13.7. The topological polar surface area (TPSA) is 65.7 Å². The van der Waals surface area contributed by atoms with E-state index in [0.29, 0.717) is 12.5 Å². The van der Waals surface area contributed by atoms with Gasteiger partial charge >= 0.3 is 0 Å². The van der Waals surface area contributed by atoms with E-state index in [4.69, 9.17) is 9.41 Å². The van der Waals surface area contributed by atoms with Crippen molar-refractivity contribution >= 4 is 29.9 Å². The number of rotatable bonds is 7. The zero-order valence-electron chi connectivity index (χ0n) is 18.7. The molecule has 0 spiro atoms. The molecule has 0 bridgehead atoms. The van der Waals surface area contributed by atoms with Crippen LogP contribution in [-0.2, 0) is 13.1 Å². The number of guanidine groups is 1. The third-order valence-corrected chi connectivity index (χ3v) is 5.54. The lowest BCUT2D eigenvalue weighted by molar-refractivity contribution is 0.164. The summed E-state index contributed by atoms with van der Waals surface area (Å²) in [6.07, 6.45) is 2.37. The molecule has 1 fully saturated rings. The van der Waals surface area contributed by atoms with E-state index in [9.17, 15) is 0 Å². The number of aromatic nitrogens is 1. The third-order valence-electron chi connectivity index (χ3n) is 5.54. The molecular weight excluding hydrogens is 489 g/mol. The van der Waals surface area contributed by atoms with E-state index >= 15 is 0 Å². The average Bonchev–Trinajstić information content (AvgIpc) is 3.02. The molecule has 0 unspecified atom stereocenters. The van der Waals surface area contributed by atoms with Gasteiger partial charge in [-0.3, -0.25) is 4.90 Å². The number of piperidine rings is 1. The van der Waals surface area contributed by atoms with E-state index < -0.39 is 0 Å². The van der Waals surface area contributed by atoms with E-state index in [2.05, 4.69) is 58.6 Å². The molecule has 1 aliphatic rings. The lowest BCUT2D eigenvalue weighted by Crippen LogP contribution is -2.42. The SMILES string of the molecule is CCNC(=NCc1cccc(C)c1)NCC1CCN(Cc2nc(C)c(C)o2)CC1.I. The van der Waals surface area contributed by atoms with Gasteiger partial charge in [-0.2, -0.15) is 0 Å². The summed E-state index contributed by atoms with van der Waals surface area (Å²) in [5.74, 6) is 3.35. The molecule has 1 aromatic heterocycles. The van der Waals surface area contributed by atoms with Crippen LogP contribution in [0.15, 0.2) is 33.7 Å². The van der Waals surface area contributed by atoms with Crippen molar-refractivity contribution in [2.45, 2.75) is 53.6 Å². The second kappa shape index (κ2) is 12.3. The van der Waals surface area contributed by atoms with E-state index in [1.165, 1.54) is 24.0 Å². The predicted molar refractivity (Wildman–Crippen MR) is 133 cm³/mol. The molecule has 30 heavy (non-hydrogen) atoms. The lowest BCUT2D eigenvalue weighted by atomic mass is 9.97. The Morgan fingerprint density at radius 2 is 1.97 bits per heavy atom. The maximum Gasteiger partial charge on any atom is 0.208 e. The highest BCUT2D eigenvalue weighted by molar-refractivity contribution is 14.0. The second-order valence-corrected chi connectivity index (χ2v) is 8.03. The van der Waals surface area contributed by atoms with Crippen molar-refractivity contribution in [1.82, 2.24) is 20.5 Å². The number of nitrogens with zero attached hydrogens (tertiary/aromatic N) is 3. The van der Waals surface area contributed by atoms with Crippen LogP contribution in [0.3, 0.4) is 0 Å². The Hall–Kier alpha value is -1.61. The maximum absolute atomic E-state index is 5.73. The van der Waals surface area contributed by atoms with Gasteiger partial charge in [0.05, 0.1) is 18.8 Å². The number of halogens is 1. The Labute approximate surface area is 198 Å². The molecule has 2 N–H and O–H groups in total. The largest absolute Gasteiger partial charge is 0.444 e. The van der Waals surface area contributed by atoms with Crippen LogP contribution in [0.1, 0.15) is 48.2 Å². The highest BCUT2D eigenvalue weighted by atomic mass is 127.